The highest BCUT2D eigenvalue weighted by molar-refractivity contribution is 5.77. The molecule has 2 aliphatic heterocycles. The van der Waals surface area contributed by atoms with E-state index in [1.165, 1.54) is 4.90 Å². The van der Waals surface area contributed by atoms with Gasteiger partial charge in [0, 0.05) is 20.1 Å². The third-order valence-electron chi connectivity index (χ3n) is 4.30. The Kier molecular flexibility index (Phi) is 4.49. The Bertz CT molecular complexity index is 389. The molecule has 0 spiro atoms. The molecule has 0 radical (unpaired) electrons. The molecule has 4 atom stereocenters. The predicted octanol–water partition coefficient (Wildman–Crippen LogP) is -0.159. The highest BCUT2D eigenvalue weighted by Crippen LogP contribution is 2.22. The first-order chi connectivity index (χ1) is 9.41. The SMILES string of the molecule is CC1CN(C(=O)N(C)C2COCC2C(=O)O)CCC1O. The van der Waals surface area contributed by atoms with Gasteiger partial charge in [-0.05, 0) is 12.3 Å². The second-order valence-electron chi connectivity index (χ2n) is 5.72. The number of nitrogens with zero attached hydrogens (tertiary/aromatic N) is 2. The van der Waals surface area contributed by atoms with Crippen molar-refractivity contribution in [3.63, 3.8) is 0 Å². The van der Waals surface area contributed by atoms with Gasteiger partial charge in [-0.2, -0.15) is 0 Å². The van der Waals surface area contributed by atoms with Crippen molar-refractivity contribution >= 4 is 12.0 Å². The van der Waals surface area contributed by atoms with Crippen molar-refractivity contribution in [1.82, 2.24) is 9.80 Å². The van der Waals surface area contributed by atoms with Crippen LogP contribution in [-0.2, 0) is 9.53 Å². The number of likely N-dealkylation sites (N-methyl/N-ethyl adjacent to an activating group) is 1. The average Bonchev–Trinajstić information content (AvgIpc) is 2.89. The molecule has 20 heavy (non-hydrogen) atoms. The Morgan fingerprint density at radius 3 is 2.65 bits per heavy atom. The van der Waals surface area contributed by atoms with Crippen LogP contribution in [0.1, 0.15) is 13.3 Å². The molecule has 7 heteroatoms. The molecule has 4 unspecified atom stereocenters. The van der Waals surface area contributed by atoms with Crippen LogP contribution in [0.15, 0.2) is 0 Å². The summed E-state index contributed by atoms with van der Waals surface area (Å²) in [5, 5.41) is 18.8. The van der Waals surface area contributed by atoms with Gasteiger partial charge in [0.25, 0.3) is 0 Å². The number of likely N-dealkylation sites (tertiary alicyclic amines) is 1. The third kappa shape index (κ3) is 2.88. The molecular weight excluding hydrogens is 264 g/mol. The van der Waals surface area contributed by atoms with E-state index in [0.29, 0.717) is 19.5 Å². The Morgan fingerprint density at radius 2 is 2.05 bits per heavy atom. The summed E-state index contributed by atoms with van der Waals surface area (Å²) < 4.78 is 5.19. The molecule has 2 rings (SSSR count). The van der Waals surface area contributed by atoms with Gasteiger partial charge in [0.15, 0.2) is 0 Å². The van der Waals surface area contributed by atoms with Gasteiger partial charge in [-0.25, -0.2) is 4.79 Å². The molecule has 2 aliphatic rings. The molecule has 114 valence electrons. The molecule has 2 saturated heterocycles. The van der Waals surface area contributed by atoms with Crippen LogP contribution in [0.3, 0.4) is 0 Å². The first-order valence-electron chi connectivity index (χ1n) is 6.92. The maximum absolute atomic E-state index is 12.4. The topological polar surface area (TPSA) is 90.3 Å². The number of rotatable bonds is 2. The minimum absolute atomic E-state index is 0.0381. The second-order valence-corrected chi connectivity index (χ2v) is 5.72. The van der Waals surface area contributed by atoms with E-state index < -0.39 is 17.9 Å². The first-order valence-corrected chi connectivity index (χ1v) is 6.92. The number of carbonyl (C=O) groups is 2. The van der Waals surface area contributed by atoms with Crippen molar-refractivity contribution in [2.24, 2.45) is 11.8 Å². The molecule has 0 aliphatic carbocycles. The number of urea groups is 1. The van der Waals surface area contributed by atoms with Crippen LogP contribution in [0.25, 0.3) is 0 Å². The van der Waals surface area contributed by atoms with Gasteiger partial charge in [0.05, 0.1) is 25.4 Å². The summed E-state index contributed by atoms with van der Waals surface area (Å²) in [6.45, 7) is 3.30. The largest absolute Gasteiger partial charge is 0.481 e. The van der Waals surface area contributed by atoms with Gasteiger partial charge < -0.3 is 24.7 Å². The van der Waals surface area contributed by atoms with Crippen molar-refractivity contribution in [3.8, 4) is 0 Å². The normalized spacial score (nSPS) is 34.0. The van der Waals surface area contributed by atoms with Gasteiger partial charge in [-0.3, -0.25) is 4.79 Å². The van der Waals surface area contributed by atoms with Gasteiger partial charge in [-0.15, -0.1) is 0 Å². The molecule has 2 heterocycles. The number of piperidine rings is 1. The van der Waals surface area contributed by atoms with Gasteiger partial charge in [-0.1, -0.05) is 6.92 Å². The minimum atomic E-state index is -0.936. The number of carbonyl (C=O) groups excluding carboxylic acids is 1. The Balaban J connectivity index is 2.00. The van der Waals surface area contributed by atoms with Crippen LogP contribution >= 0.6 is 0 Å². The lowest BCUT2D eigenvalue weighted by Gasteiger charge is -2.38. The van der Waals surface area contributed by atoms with Crippen molar-refractivity contribution in [2.45, 2.75) is 25.5 Å². The van der Waals surface area contributed by atoms with Crippen LogP contribution < -0.4 is 0 Å². The molecule has 2 amide bonds. The summed E-state index contributed by atoms with van der Waals surface area (Å²) in [7, 11) is 1.62. The fraction of sp³-hybridized carbons (Fsp3) is 0.846. The number of aliphatic hydroxyl groups is 1. The lowest BCUT2D eigenvalue weighted by Crippen LogP contribution is -2.53. The number of hydrogen-bond donors (Lipinski definition) is 2. The summed E-state index contributed by atoms with van der Waals surface area (Å²) in [5.41, 5.74) is 0. The summed E-state index contributed by atoms with van der Waals surface area (Å²) in [4.78, 5) is 26.7. The number of carboxylic acids is 1. The number of ether oxygens (including phenoxy) is 1. The van der Waals surface area contributed by atoms with Gasteiger partial charge in [0.2, 0.25) is 0 Å². The van der Waals surface area contributed by atoms with E-state index in [0.717, 1.165) is 0 Å². The molecule has 0 saturated carbocycles. The lowest BCUT2D eigenvalue weighted by atomic mass is 9.97. The molecule has 2 N–H and O–H groups in total. The van der Waals surface area contributed by atoms with Crippen LogP contribution in [0, 0.1) is 11.8 Å². The van der Waals surface area contributed by atoms with E-state index >= 15 is 0 Å². The van der Waals surface area contributed by atoms with E-state index in [1.807, 2.05) is 6.92 Å². The van der Waals surface area contributed by atoms with Crippen molar-refractivity contribution < 1.29 is 24.5 Å². The molecule has 0 aromatic heterocycles. The Hall–Kier alpha value is -1.34. The van der Waals surface area contributed by atoms with Crippen molar-refractivity contribution in [3.05, 3.63) is 0 Å². The minimum Gasteiger partial charge on any atom is -0.481 e. The standard InChI is InChI=1S/C13H22N2O5/c1-8-5-15(4-3-11(8)16)13(19)14(2)10-7-20-6-9(10)12(17)18/h8-11,16H,3-7H2,1-2H3,(H,17,18). The summed E-state index contributed by atoms with van der Waals surface area (Å²) in [6, 6.07) is -0.618. The van der Waals surface area contributed by atoms with E-state index in [9.17, 15) is 14.7 Å². The quantitative estimate of drug-likeness (QED) is 0.736. The Morgan fingerprint density at radius 1 is 1.35 bits per heavy atom. The molecule has 7 nitrogen and oxygen atoms in total. The van der Waals surface area contributed by atoms with E-state index in [-0.39, 0.29) is 31.3 Å². The zero-order valence-electron chi connectivity index (χ0n) is 11.9. The van der Waals surface area contributed by atoms with E-state index in [1.54, 1.807) is 11.9 Å². The highest BCUT2D eigenvalue weighted by Gasteiger charge is 2.40. The zero-order valence-corrected chi connectivity index (χ0v) is 11.9. The van der Waals surface area contributed by atoms with Crippen molar-refractivity contribution in [2.75, 3.05) is 33.4 Å². The fourth-order valence-corrected chi connectivity index (χ4v) is 2.83. The molecule has 0 aromatic carbocycles. The van der Waals surface area contributed by atoms with Crippen LogP contribution in [0.2, 0.25) is 0 Å². The van der Waals surface area contributed by atoms with Crippen molar-refractivity contribution in [1.29, 1.82) is 0 Å². The van der Waals surface area contributed by atoms with Crippen LogP contribution in [-0.4, -0.2) is 77.5 Å². The zero-order chi connectivity index (χ0) is 14.9. The predicted molar refractivity (Wildman–Crippen MR) is 70.3 cm³/mol. The number of carboxylic acid groups (broad SMARTS) is 1. The van der Waals surface area contributed by atoms with Gasteiger partial charge in [0.1, 0.15) is 5.92 Å². The first kappa shape index (κ1) is 15.1. The highest BCUT2D eigenvalue weighted by atomic mass is 16.5. The molecular formula is C13H22N2O5. The van der Waals surface area contributed by atoms with Crippen LogP contribution in [0.5, 0.6) is 0 Å². The second kappa shape index (κ2) is 5.97. The molecule has 0 aromatic rings. The van der Waals surface area contributed by atoms with Crippen LogP contribution in [0.4, 0.5) is 4.79 Å². The Labute approximate surface area is 118 Å². The maximum Gasteiger partial charge on any atom is 0.320 e. The molecule has 2 fully saturated rings. The average molecular weight is 286 g/mol. The number of hydrogen-bond acceptors (Lipinski definition) is 4. The third-order valence-corrected chi connectivity index (χ3v) is 4.30. The monoisotopic (exact) mass is 286 g/mol. The van der Waals surface area contributed by atoms with E-state index in [4.69, 9.17) is 9.84 Å². The fourth-order valence-electron chi connectivity index (χ4n) is 2.83. The van der Waals surface area contributed by atoms with Gasteiger partial charge >= 0.3 is 12.0 Å². The smallest absolute Gasteiger partial charge is 0.320 e. The van der Waals surface area contributed by atoms with E-state index in [2.05, 4.69) is 0 Å². The number of aliphatic hydroxyl groups excluding tert-OH is 1. The summed E-state index contributed by atoms with van der Waals surface area (Å²) in [6.07, 6.45) is 0.190. The summed E-state index contributed by atoms with van der Waals surface area (Å²) in [5.74, 6) is -1.57. The lowest BCUT2D eigenvalue weighted by molar-refractivity contribution is -0.142. The summed E-state index contributed by atoms with van der Waals surface area (Å²) >= 11 is 0. The molecule has 0 bridgehead atoms. The number of amides is 2. The number of aliphatic carboxylic acids is 1. The maximum atomic E-state index is 12.4.